The molecule has 6 rings (SSSR count). The first-order chi connectivity index (χ1) is 17.3. The maximum absolute atomic E-state index is 6.54. The van der Waals surface area contributed by atoms with Crippen LogP contribution in [-0.4, -0.2) is 33.1 Å². The van der Waals surface area contributed by atoms with Gasteiger partial charge in [-0.15, -0.1) is 0 Å². The highest BCUT2D eigenvalue weighted by Crippen LogP contribution is 2.51. The van der Waals surface area contributed by atoms with E-state index in [1.54, 1.807) is 0 Å². The van der Waals surface area contributed by atoms with Gasteiger partial charge in [-0.1, -0.05) is 12.8 Å². The second kappa shape index (κ2) is 11.2. The fourth-order valence-electron chi connectivity index (χ4n) is 8.66. The van der Waals surface area contributed by atoms with E-state index in [0.717, 1.165) is 61.6 Å². The second-order valence-electron chi connectivity index (χ2n) is 12.9. The van der Waals surface area contributed by atoms with Crippen LogP contribution in [0.25, 0.3) is 0 Å². The number of rotatable bonds is 14. The molecular formula is C30H46N4O. The number of imidazole rings is 2. The summed E-state index contributed by atoms with van der Waals surface area (Å²) in [6.45, 7) is 1.76. The van der Waals surface area contributed by atoms with Crippen molar-refractivity contribution in [2.75, 3.05) is 13.2 Å². The first kappa shape index (κ1) is 23.8. The second-order valence-corrected chi connectivity index (χ2v) is 12.9. The molecule has 4 fully saturated rings. The van der Waals surface area contributed by atoms with Crippen LogP contribution in [0.4, 0.5) is 0 Å². The van der Waals surface area contributed by atoms with E-state index in [1.165, 1.54) is 88.4 Å². The summed E-state index contributed by atoms with van der Waals surface area (Å²) in [6, 6.07) is 0. The summed E-state index contributed by atoms with van der Waals surface area (Å²) in [7, 11) is 0. The van der Waals surface area contributed by atoms with Gasteiger partial charge in [0.2, 0.25) is 0 Å². The molecule has 0 radical (unpaired) electrons. The summed E-state index contributed by atoms with van der Waals surface area (Å²) in [5.41, 5.74) is 2.52. The van der Waals surface area contributed by atoms with Crippen LogP contribution in [0.1, 0.15) is 88.4 Å². The summed E-state index contributed by atoms with van der Waals surface area (Å²) >= 11 is 0. The average molecular weight is 479 g/mol. The highest BCUT2D eigenvalue weighted by molar-refractivity contribution is 4.98. The van der Waals surface area contributed by atoms with Crippen LogP contribution >= 0.6 is 0 Å². The summed E-state index contributed by atoms with van der Waals surface area (Å²) < 4.78 is 6.54. The number of aromatic nitrogens is 4. The van der Waals surface area contributed by atoms with Crippen LogP contribution in [0, 0.1) is 47.3 Å². The Morgan fingerprint density at radius 2 is 1.23 bits per heavy atom. The summed E-state index contributed by atoms with van der Waals surface area (Å²) in [5, 5.41) is 0. The zero-order valence-corrected chi connectivity index (χ0v) is 21.5. The van der Waals surface area contributed by atoms with Crippen LogP contribution in [-0.2, 0) is 17.6 Å². The third kappa shape index (κ3) is 6.03. The van der Waals surface area contributed by atoms with E-state index in [4.69, 9.17) is 4.74 Å². The fraction of sp³-hybridized carbons (Fsp3) is 0.800. The molecular weight excluding hydrogens is 432 g/mol. The van der Waals surface area contributed by atoms with Crippen LogP contribution in [0.15, 0.2) is 25.0 Å². The Morgan fingerprint density at radius 3 is 1.60 bits per heavy atom. The molecule has 2 aromatic rings. The van der Waals surface area contributed by atoms with Gasteiger partial charge >= 0.3 is 0 Å². The summed E-state index contributed by atoms with van der Waals surface area (Å²) in [6.07, 6.45) is 27.2. The number of hydrogen-bond donors (Lipinski definition) is 2. The molecule has 2 aromatic heterocycles. The Morgan fingerprint density at radius 1 is 0.714 bits per heavy atom. The predicted molar refractivity (Wildman–Crippen MR) is 139 cm³/mol. The van der Waals surface area contributed by atoms with Crippen molar-refractivity contribution in [1.29, 1.82) is 0 Å². The normalized spacial score (nSPS) is 33.0. The van der Waals surface area contributed by atoms with Crippen molar-refractivity contribution in [2.45, 2.75) is 89.9 Å². The highest BCUT2D eigenvalue weighted by Gasteiger charge is 2.40. The topological polar surface area (TPSA) is 66.6 Å². The monoisotopic (exact) mass is 478 g/mol. The van der Waals surface area contributed by atoms with E-state index in [2.05, 4.69) is 19.9 Å². The predicted octanol–water partition coefficient (Wildman–Crippen LogP) is 6.60. The Kier molecular flexibility index (Phi) is 7.60. The molecule has 0 amide bonds. The molecule has 8 atom stereocenters. The van der Waals surface area contributed by atoms with Crippen molar-refractivity contribution in [3.8, 4) is 0 Å². The van der Waals surface area contributed by atoms with Crippen molar-refractivity contribution in [1.82, 2.24) is 19.9 Å². The zero-order valence-electron chi connectivity index (χ0n) is 21.5. The van der Waals surface area contributed by atoms with Crippen molar-refractivity contribution in [3.05, 3.63) is 36.4 Å². The van der Waals surface area contributed by atoms with Crippen LogP contribution < -0.4 is 0 Å². The van der Waals surface area contributed by atoms with Crippen molar-refractivity contribution < 1.29 is 4.74 Å². The lowest BCUT2D eigenvalue weighted by molar-refractivity contribution is 0.0604. The maximum atomic E-state index is 6.54. The van der Waals surface area contributed by atoms with Crippen molar-refractivity contribution in [2.24, 2.45) is 47.3 Å². The van der Waals surface area contributed by atoms with Gasteiger partial charge in [-0.05, 0) is 124 Å². The smallest absolute Gasteiger partial charge is 0.0921 e. The number of nitrogens with zero attached hydrogens (tertiary/aromatic N) is 2. The highest BCUT2D eigenvalue weighted by atomic mass is 16.5. The lowest BCUT2D eigenvalue weighted by Crippen LogP contribution is -2.21. The zero-order chi connectivity index (χ0) is 23.5. The molecule has 5 nitrogen and oxygen atoms in total. The van der Waals surface area contributed by atoms with Gasteiger partial charge < -0.3 is 14.7 Å². The molecule has 4 saturated carbocycles. The lowest BCUT2D eigenvalue weighted by Gasteiger charge is -2.26. The number of hydrogen-bond acceptors (Lipinski definition) is 3. The third-order valence-electron chi connectivity index (χ3n) is 10.5. The van der Waals surface area contributed by atoms with Crippen LogP contribution in [0.2, 0.25) is 0 Å². The van der Waals surface area contributed by atoms with Crippen molar-refractivity contribution in [3.63, 3.8) is 0 Å². The Hall–Kier alpha value is -1.62. The molecule has 192 valence electrons. The minimum atomic E-state index is 0.591. The van der Waals surface area contributed by atoms with Gasteiger partial charge in [0.15, 0.2) is 0 Å². The van der Waals surface area contributed by atoms with E-state index in [-0.39, 0.29) is 0 Å². The van der Waals surface area contributed by atoms with Gasteiger partial charge in [-0.25, -0.2) is 9.97 Å². The number of nitrogens with one attached hydrogen (secondary N) is 2. The average Bonchev–Trinajstić information content (AvgIpc) is 3.71. The van der Waals surface area contributed by atoms with E-state index in [1.807, 2.05) is 25.0 Å². The molecule has 2 heterocycles. The lowest BCUT2D eigenvalue weighted by atomic mass is 9.83. The quantitative estimate of drug-likeness (QED) is 0.321. The molecule has 4 aliphatic rings. The number of ether oxygens (including phenoxy) is 1. The SMILES string of the molecule is c1ncc(CC(CCC2CC3CCC2C3)COCC(CCC2CC3CCC2C3)Cc2cnc[nH]2)[nH]1. The molecule has 2 N–H and O–H groups in total. The van der Waals surface area contributed by atoms with E-state index in [0.29, 0.717) is 11.8 Å². The Labute approximate surface area is 211 Å². The number of H-pyrrole nitrogens is 2. The molecule has 0 aromatic carbocycles. The molecule has 4 aliphatic carbocycles. The molecule has 8 unspecified atom stereocenters. The molecule has 0 saturated heterocycles. The summed E-state index contributed by atoms with van der Waals surface area (Å²) in [5.74, 6) is 7.29. The van der Waals surface area contributed by atoms with E-state index >= 15 is 0 Å². The fourth-order valence-corrected chi connectivity index (χ4v) is 8.66. The molecule has 0 spiro atoms. The molecule has 0 aliphatic heterocycles. The van der Waals surface area contributed by atoms with Gasteiger partial charge in [0.05, 0.1) is 12.7 Å². The standard InChI is InChI=1S/C30H46N4O/c1-5-25-9-21(1)11-27(25)7-3-23(13-29-15-31-19-33-29)17-35-18-24(14-30-16-32-20-34-30)4-8-28-12-22-2-6-26(28)10-22/h15-16,19-28H,1-14,17-18H2,(H,31,33)(H,32,34). The van der Waals surface area contributed by atoms with Gasteiger partial charge in [-0.2, -0.15) is 0 Å². The van der Waals surface area contributed by atoms with Gasteiger partial charge in [-0.3, -0.25) is 0 Å². The first-order valence-corrected chi connectivity index (χ1v) is 14.8. The molecule has 4 bridgehead atoms. The van der Waals surface area contributed by atoms with Crippen LogP contribution in [0.5, 0.6) is 0 Å². The number of fused-ring (bicyclic) bond motifs is 4. The van der Waals surface area contributed by atoms with Gasteiger partial charge in [0.25, 0.3) is 0 Å². The van der Waals surface area contributed by atoms with E-state index in [9.17, 15) is 0 Å². The maximum Gasteiger partial charge on any atom is 0.0921 e. The van der Waals surface area contributed by atoms with E-state index < -0.39 is 0 Å². The molecule has 5 heteroatoms. The van der Waals surface area contributed by atoms with Gasteiger partial charge in [0.1, 0.15) is 0 Å². The first-order valence-electron chi connectivity index (χ1n) is 14.8. The minimum Gasteiger partial charge on any atom is -0.381 e. The van der Waals surface area contributed by atoms with Crippen LogP contribution in [0.3, 0.4) is 0 Å². The Bertz CT molecular complexity index is 808. The minimum absolute atomic E-state index is 0.591. The largest absolute Gasteiger partial charge is 0.381 e. The number of aromatic amines is 2. The van der Waals surface area contributed by atoms with Gasteiger partial charge in [0, 0.05) is 37.0 Å². The van der Waals surface area contributed by atoms with Crippen molar-refractivity contribution >= 4 is 0 Å². The Balaban J connectivity index is 1.01. The molecule has 35 heavy (non-hydrogen) atoms. The summed E-state index contributed by atoms with van der Waals surface area (Å²) in [4.78, 5) is 15.2. The third-order valence-corrected chi connectivity index (χ3v) is 10.5.